The number of carboxylic acids is 1. The fourth-order valence-corrected chi connectivity index (χ4v) is 1.87. The van der Waals surface area contributed by atoms with Gasteiger partial charge in [0.2, 0.25) is 0 Å². The minimum atomic E-state index is -1.14. The molecular weight excluding hydrogens is 305 g/mol. The summed E-state index contributed by atoms with van der Waals surface area (Å²) in [6.45, 7) is 0. The quantitative estimate of drug-likeness (QED) is 0.777. The van der Waals surface area contributed by atoms with Crippen molar-refractivity contribution in [1.29, 1.82) is 0 Å². The Labute approximate surface area is 123 Å². The van der Waals surface area contributed by atoms with Crippen molar-refractivity contribution in [3.63, 3.8) is 0 Å². The summed E-state index contributed by atoms with van der Waals surface area (Å²) in [6.07, 6.45) is 3.19. The third-order valence-electron chi connectivity index (χ3n) is 2.51. The smallest absolute Gasteiger partial charge is 0.339 e. The van der Waals surface area contributed by atoms with Crippen LogP contribution in [0.25, 0.3) is 17.0 Å². The van der Waals surface area contributed by atoms with Crippen molar-refractivity contribution in [2.75, 3.05) is 0 Å². The number of pyridine rings is 1. The maximum Gasteiger partial charge on any atom is 0.339 e. The lowest BCUT2D eigenvalue weighted by molar-refractivity contribution is 0.0698. The predicted octanol–water partition coefficient (Wildman–Crippen LogP) is 1.96. The summed E-state index contributed by atoms with van der Waals surface area (Å²) in [4.78, 5) is 15.0. The maximum absolute atomic E-state index is 11.1. The van der Waals surface area contributed by atoms with E-state index in [9.17, 15) is 4.79 Å². The Kier molecular flexibility index (Phi) is 3.82. The Morgan fingerprint density at radius 3 is 2.60 bits per heavy atom. The molecule has 20 heavy (non-hydrogen) atoms. The average Bonchev–Trinajstić information content (AvgIpc) is 2.82. The second kappa shape index (κ2) is 5.40. The molecular formula is C11H7Cl2N5O2. The van der Waals surface area contributed by atoms with Crippen molar-refractivity contribution in [2.45, 2.75) is 0 Å². The second-order valence-electron chi connectivity index (χ2n) is 3.68. The lowest BCUT2D eigenvalue weighted by Crippen LogP contribution is -2.04. The summed E-state index contributed by atoms with van der Waals surface area (Å²) < 4.78 is 1.31. The van der Waals surface area contributed by atoms with E-state index in [1.165, 1.54) is 10.6 Å². The van der Waals surface area contributed by atoms with Crippen LogP contribution in [-0.2, 0) is 0 Å². The number of nitrogens with zero attached hydrogens (tertiary/aromatic N) is 5. The van der Waals surface area contributed by atoms with Gasteiger partial charge in [0.25, 0.3) is 0 Å². The summed E-state index contributed by atoms with van der Waals surface area (Å²) in [5.41, 5.74) is 0.810. The normalized spacial score (nSPS) is 10.2. The molecule has 0 saturated carbocycles. The molecule has 0 aromatic carbocycles. The molecule has 3 aromatic rings. The SMILES string of the molecule is Cl.O=C(O)c1cc(Cl)nn2c(-c3ccncc3)nnc12. The first-order valence-electron chi connectivity index (χ1n) is 5.22. The van der Waals surface area contributed by atoms with Gasteiger partial charge in [0.15, 0.2) is 16.6 Å². The first kappa shape index (κ1) is 14.2. The third kappa shape index (κ3) is 2.28. The van der Waals surface area contributed by atoms with Crippen molar-refractivity contribution < 1.29 is 9.90 Å². The van der Waals surface area contributed by atoms with Crippen LogP contribution in [0.15, 0.2) is 30.6 Å². The van der Waals surface area contributed by atoms with Crippen LogP contribution >= 0.6 is 24.0 Å². The molecule has 3 rings (SSSR count). The lowest BCUT2D eigenvalue weighted by atomic mass is 10.2. The van der Waals surface area contributed by atoms with E-state index < -0.39 is 5.97 Å². The average molecular weight is 312 g/mol. The third-order valence-corrected chi connectivity index (χ3v) is 2.69. The number of hydrogen-bond acceptors (Lipinski definition) is 5. The van der Waals surface area contributed by atoms with Crippen LogP contribution < -0.4 is 0 Å². The summed E-state index contributed by atoms with van der Waals surface area (Å²) in [5.74, 6) is -0.731. The van der Waals surface area contributed by atoms with E-state index in [-0.39, 0.29) is 28.8 Å². The molecule has 1 N–H and O–H groups in total. The van der Waals surface area contributed by atoms with E-state index in [1.54, 1.807) is 24.5 Å². The van der Waals surface area contributed by atoms with Gasteiger partial charge in [-0.2, -0.15) is 9.61 Å². The second-order valence-corrected chi connectivity index (χ2v) is 4.07. The zero-order chi connectivity index (χ0) is 13.4. The van der Waals surface area contributed by atoms with Gasteiger partial charge in [0.1, 0.15) is 5.56 Å². The zero-order valence-corrected chi connectivity index (χ0v) is 11.3. The number of aromatic nitrogens is 5. The molecule has 0 aliphatic carbocycles. The number of aromatic carboxylic acids is 1. The molecule has 0 saturated heterocycles. The molecule has 0 aliphatic heterocycles. The number of hydrogen-bond donors (Lipinski definition) is 1. The first-order valence-corrected chi connectivity index (χ1v) is 5.60. The molecule has 7 nitrogen and oxygen atoms in total. The van der Waals surface area contributed by atoms with Crippen LogP contribution in [0.1, 0.15) is 10.4 Å². The highest BCUT2D eigenvalue weighted by atomic mass is 35.5. The van der Waals surface area contributed by atoms with Crippen molar-refractivity contribution in [1.82, 2.24) is 24.8 Å². The molecule has 0 spiro atoms. The molecule has 0 unspecified atom stereocenters. The van der Waals surface area contributed by atoms with Gasteiger partial charge in [-0.3, -0.25) is 4.98 Å². The van der Waals surface area contributed by atoms with Crippen molar-refractivity contribution in [2.24, 2.45) is 0 Å². The van der Waals surface area contributed by atoms with Crippen LogP contribution in [0.5, 0.6) is 0 Å². The molecule has 0 aliphatic rings. The van der Waals surface area contributed by atoms with Gasteiger partial charge in [0, 0.05) is 18.0 Å². The van der Waals surface area contributed by atoms with E-state index in [0.717, 1.165) is 0 Å². The number of carbonyl (C=O) groups is 1. The van der Waals surface area contributed by atoms with Gasteiger partial charge in [-0.15, -0.1) is 22.6 Å². The van der Waals surface area contributed by atoms with Crippen LogP contribution in [0.3, 0.4) is 0 Å². The van der Waals surface area contributed by atoms with E-state index >= 15 is 0 Å². The minimum absolute atomic E-state index is 0. The van der Waals surface area contributed by atoms with Crippen LogP contribution in [-0.4, -0.2) is 35.9 Å². The van der Waals surface area contributed by atoms with E-state index in [2.05, 4.69) is 20.3 Å². The molecule has 3 heterocycles. The highest BCUT2D eigenvalue weighted by Gasteiger charge is 2.17. The van der Waals surface area contributed by atoms with Gasteiger partial charge in [-0.1, -0.05) is 11.6 Å². The van der Waals surface area contributed by atoms with Crippen LogP contribution in [0, 0.1) is 0 Å². The molecule has 0 bridgehead atoms. The van der Waals surface area contributed by atoms with Gasteiger partial charge in [-0.25, -0.2) is 4.79 Å². The van der Waals surface area contributed by atoms with Crippen molar-refractivity contribution in [3.8, 4) is 11.4 Å². The summed E-state index contributed by atoms with van der Waals surface area (Å²) >= 11 is 5.82. The number of rotatable bonds is 2. The molecule has 102 valence electrons. The van der Waals surface area contributed by atoms with Crippen LogP contribution in [0.2, 0.25) is 5.15 Å². The van der Waals surface area contributed by atoms with Gasteiger partial charge in [0.05, 0.1) is 0 Å². The van der Waals surface area contributed by atoms with Gasteiger partial charge >= 0.3 is 5.97 Å². The molecule has 9 heteroatoms. The van der Waals surface area contributed by atoms with Gasteiger partial charge in [-0.05, 0) is 18.2 Å². The molecule has 0 fully saturated rings. The monoisotopic (exact) mass is 311 g/mol. The fourth-order valence-electron chi connectivity index (χ4n) is 1.69. The molecule has 0 radical (unpaired) electrons. The highest BCUT2D eigenvalue weighted by Crippen LogP contribution is 2.20. The number of fused-ring (bicyclic) bond motifs is 1. The molecule has 0 amide bonds. The largest absolute Gasteiger partial charge is 0.478 e. The Hall–Kier alpha value is -2.25. The summed E-state index contributed by atoms with van der Waals surface area (Å²) in [7, 11) is 0. The van der Waals surface area contributed by atoms with Crippen molar-refractivity contribution in [3.05, 3.63) is 41.3 Å². The molecule has 0 atom stereocenters. The van der Waals surface area contributed by atoms with E-state index in [0.29, 0.717) is 11.4 Å². The van der Waals surface area contributed by atoms with Gasteiger partial charge < -0.3 is 5.11 Å². The molecule has 3 aromatic heterocycles. The summed E-state index contributed by atoms with van der Waals surface area (Å²) in [6, 6.07) is 4.68. The fraction of sp³-hybridized carbons (Fsp3) is 0. The minimum Gasteiger partial charge on any atom is -0.478 e. The Morgan fingerprint density at radius 1 is 1.25 bits per heavy atom. The number of halogens is 2. The van der Waals surface area contributed by atoms with E-state index in [4.69, 9.17) is 16.7 Å². The maximum atomic E-state index is 11.1. The van der Waals surface area contributed by atoms with Crippen molar-refractivity contribution >= 4 is 35.6 Å². The predicted molar refractivity (Wildman–Crippen MR) is 73.2 cm³/mol. The summed E-state index contributed by atoms with van der Waals surface area (Å²) in [5, 5.41) is 21.0. The first-order chi connectivity index (χ1) is 9.16. The van der Waals surface area contributed by atoms with E-state index in [1.807, 2.05) is 0 Å². The van der Waals surface area contributed by atoms with Crippen LogP contribution in [0.4, 0.5) is 0 Å². The Bertz CT molecular complexity index is 775. The number of carboxylic acid groups (broad SMARTS) is 1. The Balaban J connectivity index is 0.00000147. The highest BCUT2D eigenvalue weighted by molar-refractivity contribution is 6.29. The Morgan fingerprint density at radius 2 is 1.95 bits per heavy atom. The standard InChI is InChI=1S/C11H6ClN5O2.ClH/c12-8-5-7(11(18)19)10-15-14-9(17(10)16-8)6-1-3-13-4-2-6;/h1-5H,(H,18,19);1H. The topological polar surface area (TPSA) is 93.3 Å². The lowest BCUT2D eigenvalue weighted by Gasteiger charge is -2.01. The zero-order valence-electron chi connectivity index (χ0n) is 9.76.